The van der Waals surface area contributed by atoms with Gasteiger partial charge in [-0.15, -0.1) is 0 Å². The van der Waals surface area contributed by atoms with Crippen LogP contribution in [-0.2, 0) is 33.3 Å². The van der Waals surface area contributed by atoms with Crippen LogP contribution in [-0.4, -0.2) is 82.3 Å². The van der Waals surface area contributed by atoms with E-state index in [2.05, 4.69) is 13.8 Å². The number of ether oxygens (including phenoxy) is 4. The zero-order chi connectivity index (χ0) is 54.1. The number of quaternary nitrogens is 1. The lowest BCUT2D eigenvalue weighted by molar-refractivity contribution is -0.870. The summed E-state index contributed by atoms with van der Waals surface area (Å²) in [6.07, 6.45) is 63.2. The number of carboxylic acids is 1. The molecule has 0 heterocycles. The standard InChI is InChI=1S/C65H127NO8/c1-6-8-10-12-14-16-18-20-22-24-26-28-29-30-31-32-33-34-36-38-40-42-44-46-48-50-52-54-56-63(68)74-61(60-73-65(64(69)70)71-58-57-66(3,4)5)59-72-62(67)55-53-51-49-47-45-43-41-39-37-35-27-25-23-21-19-17-15-13-11-9-7-2/h61,65H,6-60H2,1-5H3. The minimum Gasteiger partial charge on any atom is -0.545 e. The minimum atomic E-state index is -1.61. The van der Waals surface area contributed by atoms with Gasteiger partial charge in [-0.1, -0.05) is 316 Å². The van der Waals surface area contributed by atoms with Gasteiger partial charge in [0.25, 0.3) is 0 Å². The Kier molecular flexibility index (Phi) is 56.1. The zero-order valence-corrected chi connectivity index (χ0v) is 50.3. The normalized spacial score (nSPS) is 12.6. The molecule has 0 saturated heterocycles. The Bertz CT molecular complexity index is 1180. The van der Waals surface area contributed by atoms with E-state index in [-0.39, 0.29) is 32.2 Å². The summed E-state index contributed by atoms with van der Waals surface area (Å²) in [7, 11) is 5.94. The molecular weight excluding hydrogens is 923 g/mol. The van der Waals surface area contributed by atoms with Crippen molar-refractivity contribution in [2.75, 3.05) is 47.5 Å². The highest BCUT2D eigenvalue weighted by Gasteiger charge is 2.22. The summed E-state index contributed by atoms with van der Waals surface area (Å²) in [4.78, 5) is 37.4. The van der Waals surface area contributed by atoms with Gasteiger partial charge in [-0.3, -0.25) is 9.59 Å². The van der Waals surface area contributed by atoms with E-state index in [1.807, 2.05) is 21.1 Å². The van der Waals surface area contributed by atoms with Gasteiger partial charge in [0.1, 0.15) is 13.2 Å². The highest BCUT2D eigenvalue weighted by molar-refractivity contribution is 5.70. The third-order valence-corrected chi connectivity index (χ3v) is 15.1. The van der Waals surface area contributed by atoms with Crippen LogP contribution in [0.3, 0.4) is 0 Å². The molecule has 0 aromatic carbocycles. The summed E-state index contributed by atoms with van der Waals surface area (Å²) in [6.45, 7) is 4.84. The summed E-state index contributed by atoms with van der Waals surface area (Å²) < 4.78 is 22.8. The molecule has 0 amide bonds. The Labute approximate surface area is 460 Å². The Morgan fingerprint density at radius 2 is 0.608 bits per heavy atom. The number of unbranched alkanes of at least 4 members (excludes halogenated alkanes) is 47. The maximum Gasteiger partial charge on any atom is 0.306 e. The van der Waals surface area contributed by atoms with Crippen LogP contribution in [0.4, 0.5) is 0 Å². The molecule has 9 heteroatoms. The van der Waals surface area contributed by atoms with Gasteiger partial charge in [0.2, 0.25) is 0 Å². The number of hydrogen-bond acceptors (Lipinski definition) is 8. The van der Waals surface area contributed by atoms with Crippen LogP contribution in [0, 0.1) is 0 Å². The maximum absolute atomic E-state index is 12.9. The second kappa shape index (κ2) is 57.5. The number of rotatable bonds is 62. The number of likely N-dealkylation sites (N-methyl/N-ethyl adjacent to an activating group) is 1. The predicted molar refractivity (Wildman–Crippen MR) is 311 cm³/mol. The lowest BCUT2D eigenvalue weighted by Gasteiger charge is -2.26. The summed E-state index contributed by atoms with van der Waals surface area (Å²) in [6, 6.07) is 0. The summed E-state index contributed by atoms with van der Waals surface area (Å²) >= 11 is 0. The van der Waals surface area contributed by atoms with Gasteiger partial charge in [0.15, 0.2) is 12.4 Å². The SMILES string of the molecule is CCCCCCCCCCCCCCCCCCCCCCCCCCCCCCC(=O)OC(COC(=O)CCCCCCCCCCCCCCCCCCCCCCC)COC(OCC[N+](C)(C)C)C(=O)[O-]. The molecule has 0 fully saturated rings. The van der Waals surface area contributed by atoms with Crippen LogP contribution in [0.5, 0.6) is 0 Å². The van der Waals surface area contributed by atoms with Crippen LogP contribution < -0.4 is 5.11 Å². The van der Waals surface area contributed by atoms with Gasteiger partial charge >= 0.3 is 11.9 Å². The molecule has 2 atom stereocenters. The van der Waals surface area contributed by atoms with E-state index in [9.17, 15) is 19.5 Å². The zero-order valence-electron chi connectivity index (χ0n) is 50.3. The Morgan fingerprint density at radius 3 is 0.865 bits per heavy atom. The number of carbonyl (C=O) groups is 3. The molecule has 0 spiro atoms. The van der Waals surface area contributed by atoms with Crippen LogP contribution in [0.2, 0.25) is 0 Å². The first-order valence-electron chi connectivity index (χ1n) is 32.7. The fraction of sp³-hybridized carbons (Fsp3) is 0.954. The van der Waals surface area contributed by atoms with Crippen molar-refractivity contribution in [2.45, 2.75) is 354 Å². The monoisotopic (exact) mass is 1050 g/mol. The molecule has 9 nitrogen and oxygen atoms in total. The lowest BCUT2D eigenvalue weighted by atomic mass is 10.0. The molecule has 0 saturated carbocycles. The molecule has 0 N–H and O–H groups in total. The van der Waals surface area contributed by atoms with Gasteiger partial charge in [-0.25, -0.2) is 0 Å². The first-order valence-corrected chi connectivity index (χ1v) is 32.7. The van der Waals surface area contributed by atoms with Gasteiger partial charge in [0.05, 0.1) is 40.3 Å². The van der Waals surface area contributed by atoms with Crippen molar-refractivity contribution in [2.24, 2.45) is 0 Å². The second-order valence-corrected chi connectivity index (χ2v) is 23.8. The average molecular weight is 1050 g/mol. The van der Waals surface area contributed by atoms with Crippen molar-refractivity contribution in [3.05, 3.63) is 0 Å². The smallest absolute Gasteiger partial charge is 0.306 e. The van der Waals surface area contributed by atoms with Crippen molar-refractivity contribution >= 4 is 17.9 Å². The molecule has 440 valence electrons. The second-order valence-electron chi connectivity index (χ2n) is 23.8. The third kappa shape index (κ3) is 58.0. The largest absolute Gasteiger partial charge is 0.545 e. The average Bonchev–Trinajstić information content (AvgIpc) is 3.37. The predicted octanol–water partition coefficient (Wildman–Crippen LogP) is 18.2. The molecule has 74 heavy (non-hydrogen) atoms. The van der Waals surface area contributed by atoms with Crippen LogP contribution >= 0.6 is 0 Å². The quantitative estimate of drug-likeness (QED) is 0.0256. The van der Waals surface area contributed by atoms with Crippen molar-refractivity contribution in [3.8, 4) is 0 Å². The molecule has 0 bridgehead atoms. The summed E-state index contributed by atoms with van der Waals surface area (Å²) in [5.41, 5.74) is 0. The van der Waals surface area contributed by atoms with E-state index in [4.69, 9.17) is 18.9 Å². The number of nitrogens with zero attached hydrogens (tertiary/aromatic N) is 1. The van der Waals surface area contributed by atoms with Crippen molar-refractivity contribution in [3.63, 3.8) is 0 Å². The molecular formula is C65H127NO8. The number of esters is 2. The number of aliphatic carboxylic acids is 1. The Hall–Kier alpha value is -1.71. The molecule has 0 aliphatic rings. The highest BCUT2D eigenvalue weighted by atomic mass is 16.7. The first kappa shape index (κ1) is 72.3. The fourth-order valence-electron chi connectivity index (χ4n) is 10.1. The minimum absolute atomic E-state index is 0.154. The van der Waals surface area contributed by atoms with Crippen molar-refractivity contribution in [1.82, 2.24) is 0 Å². The molecule has 0 radical (unpaired) electrons. The summed E-state index contributed by atoms with van der Waals surface area (Å²) in [5, 5.41) is 11.8. The van der Waals surface area contributed by atoms with Gasteiger partial charge in [-0.2, -0.15) is 0 Å². The van der Waals surface area contributed by atoms with Crippen LogP contribution in [0.25, 0.3) is 0 Å². The topological polar surface area (TPSA) is 111 Å². The number of carboxylic acid groups (broad SMARTS) is 1. The number of carbonyl (C=O) groups excluding carboxylic acids is 3. The molecule has 0 rings (SSSR count). The highest BCUT2D eigenvalue weighted by Crippen LogP contribution is 2.19. The molecule has 2 unspecified atom stereocenters. The lowest BCUT2D eigenvalue weighted by Crippen LogP contribution is -2.44. The van der Waals surface area contributed by atoms with Crippen molar-refractivity contribution in [1.29, 1.82) is 0 Å². The maximum atomic E-state index is 12.9. The fourth-order valence-corrected chi connectivity index (χ4v) is 10.1. The van der Waals surface area contributed by atoms with E-state index in [1.165, 1.54) is 276 Å². The Morgan fingerprint density at radius 1 is 0.351 bits per heavy atom. The molecule has 0 aromatic heterocycles. The Balaban J connectivity index is 4.09. The molecule has 0 aromatic rings. The van der Waals surface area contributed by atoms with Crippen LogP contribution in [0.1, 0.15) is 341 Å². The van der Waals surface area contributed by atoms with Gasteiger partial charge in [0, 0.05) is 12.8 Å². The van der Waals surface area contributed by atoms with Gasteiger partial charge < -0.3 is 33.3 Å². The summed E-state index contributed by atoms with van der Waals surface area (Å²) in [5.74, 6) is -2.25. The van der Waals surface area contributed by atoms with Crippen LogP contribution in [0.15, 0.2) is 0 Å². The van der Waals surface area contributed by atoms with Crippen molar-refractivity contribution < 1.29 is 42.9 Å². The molecule has 0 aliphatic heterocycles. The van der Waals surface area contributed by atoms with Gasteiger partial charge in [-0.05, 0) is 12.8 Å². The number of hydrogen-bond donors (Lipinski definition) is 0. The van der Waals surface area contributed by atoms with E-state index in [1.54, 1.807) is 0 Å². The molecule has 0 aliphatic carbocycles. The third-order valence-electron chi connectivity index (χ3n) is 15.1. The van der Waals surface area contributed by atoms with E-state index in [0.717, 1.165) is 38.5 Å². The first-order chi connectivity index (χ1) is 36.1. The van der Waals surface area contributed by atoms with E-state index >= 15 is 0 Å². The van der Waals surface area contributed by atoms with E-state index < -0.39 is 24.3 Å². The van der Waals surface area contributed by atoms with E-state index in [0.29, 0.717) is 17.4 Å².